The fraction of sp³-hybridized carbons (Fsp3) is 0.385. The molecule has 2 aromatic rings. The maximum absolute atomic E-state index is 10.9. The number of hydrogen-bond acceptors (Lipinski definition) is 6. The molecule has 1 aromatic carbocycles. The fourth-order valence-corrected chi connectivity index (χ4v) is 1.94. The van der Waals surface area contributed by atoms with Gasteiger partial charge >= 0.3 is 0 Å². The summed E-state index contributed by atoms with van der Waals surface area (Å²) in [5.74, 6) is 1.37. The lowest BCUT2D eigenvalue weighted by Gasteiger charge is -2.07. The van der Waals surface area contributed by atoms with E-state index in [0.717, 1.165) is 17.8 Å². The molecule has 0 spiro atoms. The van der Waals surface area contributed by atoms with Crippen LogP contribution in [0.1, 0.15) is 11.4 Å². The zero-order chi connectivity index (χ0) is 15.2. The third-order valence-corrected chi connectivity index (χ3v) is 3.06. The van der Waals surface area contributed by atoms with Gasteiger partial charge in [-0.25, -0.2) is 0 Å². The Kier molecular flexibility index (Phi) is 4.83. The van der Waals surface area contributed by atoms with Crippen LogP contribution in [-0.2, 0) is 20.0 Å². The predicted octanol–water partition coefficient (Wildman–Crippen LogP) is 1.06. The zero-order valence-corrected chi connectivity index (χ0v) is 11.9. The Morgan fingerprint density at radius 1 is 1.43 bits per heavy atom. The molecule has 0 radical (unpaired) electrons. The van der Waals surface area contributed by atoms with Crippen LogP contribution in [0.2, 0.25) is 0 Å². The van der Waals surface area contributed by atoms with Gasteiger partial charge in [0, 0.05) is 32.6 Å². The molecular weight excluding hydrogens is 274 g/mol. The molecule has 0 saturated heterocycles. The third-order valence-electron chi connectivity index (χ3n) is 3.06. The van der Waals surface area contributed by atoms with Gasteiger partial charge in [-0.1, -0.05) is 0 Å². The minimum absolute atomic E-state index is 0.0273. The summed E-state index contributed by atoms with van der Waals surface area (Å²) < 4.78 is 6.93. The topological polar surface area (TPSA) is 95.1 Å². The Bertz CT molecular complexity index is 626. The van der Waals surface area contributed by atoms with Gasteiger partial charge in [0.1, 0.15) is 17.9 Å². The third kappa shape index (κ3) is 3.99. The highest BCUT2D eigenvalue weighted by molar-refractivity contribution is 5.42. The quantitative estimate of drug-likeness (QED) is 0.465. The van der Waals surface area contributed by atoms with Crippen LogP contribution in [0, 0.1) is 10.1 Å². The number of rotatable bonds is 7. The van der Waals surface area contributed by atoms with Crippen LogP contribution in [0.5, 0.6) is 5.75 Å². The first-order chi connectivity index (χ1) is 10.1. The summed E-state index contributed by atoms with van der Waals surface area (Å²) in [6, 6.07) is 4.73. The summed E-state index contributed by atoms with van der Waals surface area (Å²) in [5.41, 5.74) is 0.832. The SMILES string of the molecule is COc1cc(CNCCc2nncn2C)cc([N+](=O)[O-])c1. The van der Waals surface area contributed by atoms with Gasteiger partial charge in [0.2, 0.25) is 0 Å². The van der Waals surface area contributed by atoms with E-state index in [1.54, 1.807) is 12.4 Å². The first-order valence-electron chi connectivity index (χ1n) is 6.46. The van der Waals surface area contributed by atoms with Crippen LogP contribution in [0.4, 0.5) is 5.69 Å². The van der Waals surface area contributed by atoms with Gasteiger partial charge in [-0.3, -0.25) is 10.1 Å². The second-order valence-electron chi connectivity index (χ2n) is 4.58. The number of benzene rings is 1. The van der Waals surface area contributed by atoms with E-state index in [4.69, 9.17) is 4.74 Å². The van der Waals surface area contributed by atoms with Gasteiger partial charge in [-0.15, -0.1) is 10.2 Å². The van der Waals surface area contributed by atoms with Crippen molar-refractivity contribution in [3.8, 4) is 5.75 Å². The number of aryl methyl sites for hydroxylation is 1. The maximum atomic E-state index is 10.9. The van der Waals surface area contributed by atoms with Gasteiger partial charge in [0.05, 0.1) is 18.1 Å². The van der Waals surface area contributed by atoms with Gasteiger partial charge in [0.15, 0.2) is 0 Å². The maximum Gasteiger partial charge on any atom is 0.273 e. The molecule has 0 aliphatic heterocycles. The van der Waals surface area contributed by atoms with Crippen molar-refractivity contribution < 1.29 is 9.66 Å². The molecule has 0 fully saturated rings. The van der Waals surface area contributed by atoms with E-state index in [1.165, 1.54) is 19.2 Å². The van der Waals surface area contributed by atoms with Crippen LogP contribution in [0.25, 0.3) is 0 Å². The average Bonchev–Trinajstić information content (AvgIpc) is 2.88. The largest absolute Gasteiger partial charge is 0.496 e. The number of nitro benzene ring substituents is 1. The summed E-state index contributed by atoms with van der Waals surface area (Å²) in [6.07, 6.45) is 2.39. The Labute approximate surface area is 121 Å². The number of nitrogens with one attached hydrogen (secondary N) is 1. The lowest BCUT2D eigenvalue weighted by atomic mass is 10.2. The monoisotopic (exact) mass is 291 g/mol. The van der Waals surface area contributed by atoms with Crippen molar-refractivity contribution in [2.45, 2.75) is 13.0 Å². The van der Waals surface area contributed by atoms with Crippen molar-refractivity contribution in [1.29, 1.82) is 0 Å². The van der Waals surface area contributed by atoms with E-state index < -0.39 is 4.92 Å². The summed E-state index contributed by atoms with van der Waals surface area (Å²) >= 11 is 0. The van der Waals surface area contributed by atoms with Gasteiger partial charge in [-0.05, 0) is 11.6 Å². The minimum atomic E-state index is -0.425. The Hall–Kier alpha value is -2.48. The lowest BCUT2D eigenvalue weighted by molar-refractivity contribution is -0.385. The number of non-ortho nitro benzene ring substituents is 1. The summed E-state index contributed by atoms with van der Waals surface area (Å²) in [6.45, 7) is 1.23. The highest BCUT2D eigenvalue weighted by Gasteiger charge is 2.10. The Morgan fingerprint density at radius 2 is 2.24 bits per heavy atom. The minimum Gasteiger partial charge on any atom is -0.496 e. The Morgan fingerprint density at radius 3 is 2.86 bits per heavy atom. The number of aromatic nitrogens is 3. The van der Waals surface area contributed by atoms with E-state index in [-0.39, 0.29) is 5.69 Å². The molecule has 8 heteroatoms. The fourth-order valence-electron chi connectivity index (χ4n) is 1.94. The molecule has 1 heterocycles. The molecule has 0 saturated carbocycles. The number of nitro groups is 1. The van der Waals surface area contributed by atoms with Gasteiger partial charge in [0.25, 0.3) is 5.69 Å². The van der Waals surface area contributed by atoms with Crippen molar-refractivity contribution in [3.05, 3.63) is 46.0 Å². The Balaban J connectivity index is 1.92. The van der Waals surface area contributed by atoms with Crippen LogP contribution < -0.4 is 10.1 Å². The van der Waals surface area contributed by atoms with Crippen molar-refractivity contribution in [2.75, 3.05) is 13.7 Å². The number of nitrogens with zero attached hydrogens (tertiary/aromatic N) is 4. The molecular formula is C13H17N5O3. The molecule has 0 aliphatic rings. The van der Waals surface area contributed by atoms with Crippen molar-refractivity contribution in [2.24, 2.45) is 7.05 Å². The molecule has 1 N–H and O–H groups in total. The molecule has 112 valence electrons. The molecule has 2 rings (SSSR count). The molecule has 0 aliphatic carbocycles. The molecule has 0 bridgehead atoms. The van der Waals surface area contributed by atoms with Crippen LogP contribution in [-0.4, -0.2) is 33.3 Å². The van der Waals surface area contributed by atoms with Crippen molar-refractivity contribution >= 4 is 5.69 Å². The van der Waals surface area contributed by atoms with E-state index in [1.807, 2.05) is 11.6 Å². The molecule has 0 unspecified atom stereocenters. The van der Waals surface area contributed by atoms with E-state index in [9.17, 15) is 10.1 Å². The molecule has 0 amide bonds. The number of ether oxygens (including phenoxy) is 1. The van der Waals surface area contributed by atoms with Crippen LogP contribution in [0.3, 0.4) is 0 Å². The van der Waals surface area contributed by atoms with E-state index in [2.05, 4.69) is 15.5 Å². The summed E-state index contributed by atoms with van der Waals surface area (Å²) in [7, 11) is 3.38. The van der Waals surface area contributed by atoms with E-state index in [0.29, 0.717) is 18.8 Å². The first kappa shape index (κ1) is 14.9. The van der Waals surface area contributed by atoms with Crippen LogP contribution >= 0.6 is 0 Å². The zero-order valence-electron chi connectivity index (χ0n) is 11.9. The average molecular weight is 291 g/mol. The summed E-state index contributed by atoms with van der Waals surface area (Å²) in [4.78, 5) is 10.4. The lowest BCUT2D eigenvalue weighted by Crippen LogP contribution is -2.18. The second kappa shape index (κ2) is 6.80. The molecule has 21 heavy (non-hydrogen) atoms. The number of methoxy groups -OCH3 is 1. The normalized spacial score (nSPS) is 10.6. The van der Waals surface area contributed by atoms with E-state index >= 15 is 0 Å². The van der Waals surface area contributed by atoms with Gasteiger partial charge in [-0.2, -0.15) is 0 Å². The highest BCUT2D eigenvalue weighted by atomic mass is 16.6. The van der Waals surface area contributed by atoms with Gasteiger partial charge < -0.3 is 14.6 Å². The van der Waals surface area contributed by atoms with Crippen molar-refractivity contribution in [1.82, 2.24) is 20.1 Å². The van der Waals surface area contributed by atoms with Crippen molar-refractivity contribution in [3.63, 3.8) is 0 Å². The smallest absolute Gasteiger partial charge is 0.273 e. The standard InChI is InChI=1S/C13H17N5O3/c1-17-9-15-16-13(17)3-4-14-8-10-5-11(18(19)20)7-12(6-10)21-2/h5-7,9,14H,3-4,8H2,1-2H3. The predicted molar refractivity (Wildman–Crippen MR) is 76.1 cm³/mol. The second-order valence-corrected chi connectivity index (χ2v) is 4.58. The van der Waals surface area contributed by atoms with Crippen LogP contribution in [0.15, 0.2) is 24.5 Å². The molecule has 8 nitrogen and oxygen atoms in total. The summed E-state index contributed by atoms with van der Waals surface area (Å²) in [5, 5.41) is 21.9. The highest BCUT2D eigenvalue weighted by Crippen LogP contribution is 2.22. The molecule has 0 atom stereocenters. The molecule has 1 aromatic heterocycles. The first-order valence-corrected chi connectivity index (χ1v) is 6.46. The number of hydrogen-bond donors (Lipinski definition) is 1.